The molecule has 0 spiro atoms. The van der Waals surface area contributed by atoms with Crippen LogP contribution in [-0.2, 0) is 9.59 Å². The molecule has 3 atom stereocenters. The second-order valence-corrected chi connectivity index (χ2v) is 3.64. The second-order valence-electron chi connectivity index (χ2n) is 3.64. The van der Waals surface area contributed by atoms with Crippen LogP contribution in [0, 0.1) is 0 Å². The van der Waals surface area contributed by atoms with Gasteiger partial charge in [-0.2, -0.15) is 0 Å². The van der Waals surface area contributed by atoms with E-state index in [0.29, 0.717) is 0 Å². The lowest BCUT2D eigenvalue weighted by Gasteiger charge is -2.33. The Morgan fingerprint density at radius 1 is 1.50 bits per heavy atom. The second kappa shape index (κ2) is 3.21. The number of hydrogen-bond acceptors (Lipinski definition) is 4. The molecule has 2 fully saturated rings. The summed E-state index contributed by atoms with van der Waals surface area (Å²) in [5.41, 5.74) is 0. The molecule has 2 heterocycles. The highest BCUT2D eigenvalue weighted by atomic mass is 16.3. The van der Waals surface area contributed by atoms with Crippen molar-refractivity contribution in [2.24, 2.45) is 0 Å². The van der Waals surface area contributed by atoms with E-state index >= 15 is 0 Å². The van der Waals surface area contributed by atoms with Gasteiger partial charge in [-0.3, -0.25) is 9.59 Å². The molecule has 2 rings (SSSR count). The number of aliphatic hydroxyl groups excluding tert-OH is 2. The van der Waals surface area contributed by atoms with Gasteiger partial charge < -0.3 is 20.4 Å². The summed E-state index contributed by atoms with van der Waals surface area (Å²) in [4.78, 5) is 24.3. The van der Waals surface area contributed by atoms with E-state index < -0.39 is 24.8 Å². The molecule has 0 radical (unpaired) electrons. The Morgan fingerprint density at radius 3 is 2.86 bits per heavy atom. The molecule has 0 aromatic carbocycles. The highest BCUT2D eigenvalue weighted by molar-refractivity contribution is 5.97. The van der Waals surface area contributed by atoms with Crippen LogP contribution in [0.3, 0.4) is 0 Å². The maximum absolute atomic E-state index is 11.6. The molecular formula is C8H12N2O4. The third-order valence-corrected chi connectivity index (χ3v) is 2.66. The normalized spacial score (nSPS) is 37.0. The molecule has 0 unspecified atom stereocenters. The van der Waals surface area contributed by atoms with Gasteiger partial charge in [-0.15, -0.1) is 0 Å². The van der Waals surface area contributed by atoms with E-state index in [1.165, 1.54) is 4.90 Å². The van der Waals surface area contributed by atoms with Crippen LogP contribution in [0.2, 0.25) is 0 Å². The van der Waals surface area contributed by atoms with E-state index in [1.807, 2.05) is 0 Å². The summed E-state index contributed by atoms with van der Waals surface area (Å²) < 4.78 is 0. The molecule has 2 aliphatic rings. The van der Waals surface area contributed by atoms with Crippen LogP contribution < -0.4 is 5.32 Å². The summed E-state index contributed by atoms with van der Waals surface area (Å²) in [6.45, 7) is -0.211. The molecule has 0 aromatic rings. The van der Waals surface area contributed by atoms with Crippen LogP contribution in [0.15, 0.2) is 0 Å². The maximum Gasteiger partial charge on any atom is 0.248 e. The van der Waals surface area contributed by atoms with Gasteiger partial charge in [0.1, 0.15) is 12.1 Å². The van der Waals surface area contributed by atoms with E-state index in [4.69, 9.17) is 5.11 Å². The number of nitrogens with zero attached hydrogens (tertiary/aromatic N) is 1. The summed E-state index contributed by atoms with van der Waals surface area (Å²) in [6.07, 6.45) is -0.345. The van der Waals surface area contributed by atoms with Crippen molar-refractivity contribution in [2.45, 2.75) is 24.6 Å². The first kappa shape index (κ1) is 9.42. The Hall–Kier alpha value is -1.14. The van der Waals surface area contributed by atoms with Gasteiger partial charge in [0.15, 0.2) is 0 Å². The highest BCUT2D eigenvalue weighted by Gasteiger charge is 2.45. The first-order chi connectivity index (χ1) is 6.63. The Bertz CT molecular complexity index is 281. The minimum atomic E-state index is -0.843. The number of carbonyl (C=O) groups is 2. The van der Waals surface area contributed by atoms with E-state index in [0.717, 1.165) is 0 Å². The number of hydrogen-bond donors (Lipinski definition) is 3. The van der Waals surface area contributed by atoms with E-state index in [1.54, 1.807) is 0 Å². The van der Waals surface area contributed by atoms with Gasteiger partial charge in [0, 0.05) is 13.0 Å². The largest absolute Gasteiger partial charge is 0.394 e. The van der Waals surface area contributed by atoms with Gasteiger partial charge in [-0.05, 0) is 0 Å². The molecule has 78 valence electrons. The van der Waals surface area contributed by atoms with Crippen molar-refractivity contribution in [1.29, 1.82) is 0 Å². The minimum absolute atomic E-state index is 0.188. The quantitative estimate of drug-likeness (QED) is 0.434. The number of nitrogens with one attached hydrogen (secondary N) is 1. The van der Waals surface area contributed by atoms with Gasteiger partial charge in [-0.25, -0.2) is 0 Å². The fourth-order valence-electron chi connectivity index (χ4n) is 1.96. The third kappa shape index (κ3) is 1.27. The lowest BCUT2D eigenvalue weighted by Crippen LogP contribution is -2.62. The van der Waals surface area contributed by atoms with Crippen molar-refractivity contribution in [3.63, 3.8) is 0 Å². The molecule has 0 bridgehead atoms. The molecular weight excluding hydrogens is 188 g/mol. The fraction of sp³-hybridized carbons (Fsp3) is 0.750. The van der Waals surface area contributed by atoms with E-state index in [-0.39, 0.29) is 24.8 Å². The Kier molecular flexibility index (Phi) is 2.16. The van der Waals surface area contributed by atoms with Crippen molar-refractivity contribution in [1.82, 2.24) is 10.2 Å². The van der Waals surface area contributed by atoms with Gasteiger partial charge in [0.05, 0.1) is 12.7 Å². The summed E-state index contributed by atoms with van der Waals surface area (Å²) in [6, 6.07) is -1.40. The lowest BCUT2D eigenvalue weighted by molar-refractivity contribution is -0.148. The Balaban J connectivity index is 2.20. The average molecular weight is 200 g/mol. The molecule has 2 aliphatic heterocycles. The molecule has 2 saturated heterocycles. The summed E-state index contributed by atoms with van der Waals surface area (Å²) in [7, 11) is 0. The van der Waals surface area contributed by atoms with Crippen molar-refractivity contribution in [3.8, 4) is 0 Å². The van der Waals surface area contributed by atoms with Crippen molar-refractivity contribution >= 4 is 11.8 Å². The van der Waals surface area contributed by atoms with Crippen LogP contribution in [-0.4, -0.2) is 58.3 Å². The maximum atomic E-state index is 11.6. The van der Waals surface area contributed by atoms with Gasteiger partial charge in [0.25, 0.3) is 0 Å². The van der Waals surface area contributed by atoms with Crippen molar-refractivity contribution in [2.75, 3.05) is 13.2 Å². The zero-order valence-corrected chi connectivity index (χ0v) is 7.51. The van der Waals surface area contributed by atoms with E-state index in [9.17, 15) is 14.7 Å². The standard InChI is InChI=1S/C8H12N2O4/c11-3-5-8(14)10-2-4(12)1-6(10)7(13)9-5/h4-6,11-12H,1-3H2,(H,9,13)/t4-,5+,6+/m1/s1. The zero-order chi connectivity index (χ0) is 10.3. The molecule has 14 heavy (non-hydrogen) atoms. The van der Waals surface area contributed by atoms with Crippen LogP contribution in [0.5, 0.6) is 0 Å². The number of aliphatic hydroxyl groups is 2. The topological polar surface area (TPSA) is 89.9 Å². The minimum Gasteiger partial charge on any atom is -0.394 e. The molecule has 0 saturated carbocycles. The number of piperazine rings is 1. The van der Waals surface area contributed by atoms with Crippen molar-refractivity contribution < 1.29 is 19.8 Å². The van der Waals surface area contributed by atoms with E-state index in [2.05, 4.69) is 5.32 Å². The molecule has 0 aromatic heterocycles. The average Bonchev–Trinajstić information content (AvgIpc) is 2.54. The molecule has 2 amide bonds. The predicted molar refractivity (Wildman–Crippen MR) is 45.1 cm³/mol. The smallest absolute Gasteiger partial charge is 0.248 e. The fourth-order valence-corrected chi connectivity index (χ4v) is 1.96. The molecule has 6 nitrogen and oxygen atoms in total. The SMILES string of the molecule is O=C1N[C@@H](CO)C(=O)N2C[C@H](O)C[C@@H]12. The molecule has 0 aliphatic carbocycles. The monoisotopic (exact) mass is 200 g/mol. The van der Waals surface area contributed by atoms with Gasteiger partial charge in [-0.1, -0.05) is 0 Å². The Labute approximate surface area is 80.5 Å². The molecule has 3 N–H and O–H groups in total. The summed E-state index contributed by atoms with van der Waals surface area (Å²) >= 11 is 0. The Morgan fingerprint density at radius 2 is 2.21 bits per heavy atom. The first-order valence-corrected chi connectivity index (χ1v) is 4.53. The van der Waals surface area contributed by atoms with Crippen molar-refractivity contribution in [3.05, 3.63) is 0 Å². The predicted octanol–water partition coefficient (Wildman–Crippen LogP) is -2.56. The van der Waals surface area contributed by atoms with Crippen LogP contribution in [0.4, 0.5) is 0 Å². The number of fused-ring (bicyclic) bond motifs is 1. The van der Waals surface area contributed by atoms with Gasteiger partial charge >= 0.3 is 0 Å². The first-order valence-electron chi connectivity index (χ1n) is 4.53. The highest BCUT2D eigenvalue weighted by Crippen LogP contribution is 2.22. The lowest BCUT2D eigenvalue weighted by atomic mass is 10.1. The summed E-state index contributed by atoms with van der Waals surface area (Å²) in [5, 5.41) is 20.6. The summed E-state index contributed by atoms with van der Waals surface area (Å²) in [5.74, 6) is -0.603. The number of carbonyl (C=O) groups excluding carboxylic acids is 2. The van der Waals surface area contributed by atoms with Gasteiger partial charge in [0.2, 0.25) is 11.8 Å². The van der Waals surface area contributed by atoms with Crippen LogP contribution in [0.1, 0.15) is 6.42 Å². The third-order valence-electron chi connectivity index (χ3n) is 2.66. The number of amides is 2. The van der Waals surface area contributed by atoms with Crippen LogP contribution >= 0.6 is 0 Å². The molecule has 6 heteroatoms. The number of rotatable bonds is 1. The zero-order valence-electron chi connectivity index (χ0n) is 7.51. The van der Waals surface area contributed by atoms with Crippen LogP contribution in [0.25, 0.3) is 0 Å².